The Balaban J connectivity index is 4.10. The Bertz CT molecular complexity index is 1590. The molecule has 0 saturated heterocycles. The number of ether oxygens (including phenoxy) is 2. The first-order valence-electron chi connectivity index (χ1n) is 32.3. The van der Waals surface area contributed by atoms with Crippen LogP contribution in [0, 0.1) is 0 Å². The van der Waals surface area contributed by atoms with Gasteiger partial charge in [-0.1, -0.05) is 285 Å². The second-order valence-electron chi connectivity index (χ2n) is 22.8. The van der Waals surface area contributed by atoms with E-state index in [9.17, 15) is 19.0 Å². The standard InChI is InChI=1S/C68H122NO8P/c1-6-8-10-12-14-16-18-20-22-24-26-28-29-30-31-32-33-34-35-36-37-38-39-41-43-45-47-49-51-53-55-57-59-61-68(71)77-66(65-76-78(72,73)75-63-62-69(3,4)5)64-74-67(70)60-58-56-54-52-50-48-46-44-42-40-27-25-23-21-19-17-15-13-11-9-7-2/h8,10,14,16,20,22,26,28,30-31,33-34,36-37,66H,6-7,9,11-13,15,17-19,21,23-25,27,29,32,35,38-65H2,1-5H3/b10-8-,16-14-,22-20-,28-26-,31-30-,34-33-,37-36-. The fraction of sp³-hybridized carbons (Fsp3) is 0.765. The van der Waals surface area contributed by atoms with Crippen LogP contribution in [0.2, 0.25) is 0 Å². The summed E-state index contributed by atoms with van der Waals surface area (Å²) in [6.07, 6.45) is 79.2. The molecule has 0 fully saturated rings. The van der Waals surface area contributed by atoms with Gasteiger partial charge in [0, 0.05) is 12.8 Å². The zero-order chi connectivity index (χ0) is 57.0. The van der Waals surface area contributed by atoms with Crippen LogP contribution in [-0.2, 0) is 32.7 Å². The van der Waals surface area contributed by atoms with E-state index >= 15 is 0 Å². The van der Waals surface area contributed by atoms with E-state index in [-0.39, 0.29) is 32.0 Å². The van der Waals surface area contributed by atoms with Crippen LogP contribution in [0.4, 0.5) is 0 Å². The zero-order valence-corrected chi connectivity index (χ0v) is 52.2. The van der Waals surface area contributed by atoms with Crippen LogP contribution >= 0.6 is 7.82 Å². The van der Waals surface area contributed by atoms with Gasteiger partial charge in [0.1, 0.15) is 19.8 Å². The monoisotopic (exact) mass is 1110 g/mol. The van der Waals surface area contributed by atoms with E-state index in [1.54, 1.807) is 0 Å². The second-order valence-corrected chi connectivity index (χ2v) is 24.2. The summed E-state index contributed by atoms with van der Waals surface area (Å²) < 4.78 is 34.3. The summed E-state index contributed by atoms with van der Waals surface area (Å²) in [5.74, 6) is -0.828. The number of nitrogens with zero attached hydrogens (tertiary/aromatic N) is 1. The predicted molar refractivity (Wildman–Crippen MR) is 332 cm³/mol. The molecule has 0 saturated carbocycles. The maximum atomic E-state index is 12.8. The molecule has 0 amide bonds. The molecular formula is C68H122NO8P. The van der Waals surface area contributed by atoms with Crippen LogP contribution in [0.15, 0.2) is 85.1 Å². The number of hydrogen-bond donors (Lipinski definition) is 0. The second kappa shape index (κ2) is 58.8. The highest BCUT2D eigenvalue weighted by Crippen LogP contribution is 2.38. The van der Waals surface area contributed by atoms with Crippen molar-refractivity contribution in [2.45, 2.75) is 290 Å². The first-order chi connectivity index (χ1) is 38.0. The molecule has 0 aromatic carbocycles. The average Bonchev–Trinajstić information content (AvgIpc) is 3.41. The number of unbranched alkanes of at least 4 members (excludes halogenated alkanes) is 31. The fourth-order valence-corrected chi connectivity index (χ4v) is 9.72. The van der Waals surface area contributed by atoms with Crippen molar-refractivity contribution in [2.24, 2.45) is 0 Å². The summed E-state index contributed by atoms with van der Waals surface area (Å²) >= 11 is 0. The third-order valence-electron chi connectivity index (χ3n) is 13.9. The minimum absolute atomic E-state index is 0.0328. The molecule has 2 atom stereocenters. The molecule has 10 heteroatoms. The number of allylic oxidation sites excluding steroid dienone is 14. The van der Waals surface area contributed by atoms with Crippen molar-refractivity contribution in [1.82, 2.24) is 0 Å². The summed E-state index contributed by atoms with van der Waals surface area (Å²) in [7, 11) is 1.17. The molecule has 0 bridgehead atoms. The molecule has 0 aliphatic heterocycles. The first kappa shape index (κ1) is 75.2. The van der Waals surface area contributed by atoms with Crippen LogP contribution < -0.4 is 4.89 Å². The van der Waals surface area contributed by atoms with Crippen LogP contribution in [0.1, 0.15) is 284 Å². The van der Waals surface area contributed by atoms with Gasteiger partial charge in [-0.05, 0) is 70.6 Å². The van der Waals surface area contributed by atoms with Crippen molar-refractivity contribution < 1.29 is 42.1 Å². The lowest BCUT2D eigenvalue weighted by Gasteiger charge is -2.28. The van der Waals surface area contributed by atoms with Gasteiger partial charge < -0.3 is 27.9 Å². The van der Waals surface area contributed by atoms with E-state index in [0.29, 0.717) is 17.4 Å². The molecule has 0 spiro atoms. The van der Waals surface area contributed by atoms with Gasteiger partial charge >= 0.3 is 11.9 Å². The lowest BCUT2D eigenvalue weighted by atomic mass is 10.0. The normalized spacial score (nSPS) is 13.8. The van der Waals surface area contributed by atoms with Gasteiger partial charge in [-0.25, -0.2) is 0 Å². The number of quaternary nitrogens is 1. The van der Waals surface area contributed by atoms with Gasteiger partial charge in [-0.15, -0.1) is 0 Å². The van der Waals surface area contributed by atoms with Gasteiger partial charge in [0.05, 0.1) is 27.7 Å². The highest BCUT2D eigenvalue weighted by atomic mass is 31.2. The number of carbonyl (C=O) groups excluding carboxylic acids is 2. The van der Waals surface area contributed by atoms with Crippen LogP contribution in [0.5, 0.6) is 0 Å². The average molecular weight is 1110 g/mol. The van der Waals surface area contributed by atoms with E-state index in [2.05, 4.69) is 98.9 Å². The topological polar surface area (TPSA) is 111 Å². The van der Waals surface area contributed by atoms with E-state index in [4.69, 9.17) is 18.5 Å². The number of hydrogen-bond acceptors (Lipinski definition) is 8. The predicted octanol–water partition coefficient (Wildman–Crippen LogP) is 20.0. The third kappa shape index (κ3) is 62.4. The molecule has 9 nitrogen and oxygen atoms in total. The van der Waals surface area contributed by atoms with Crippen molar-refractivity contribution in [3.63, 3.8) is 0 Å². The van der Waals surface area contributed by atoms with Gasteiger partial charge in [0.25, 0.3) is 7.82 Å². The zero-order valence-electron chi connectivity index (χ0n) is 51.3. The van der Waals surface area contributed by atoms with Crippen LogP contribution in [-0.4, -0.2) is 70.0 Å². The third-order valence-corrected chi connectivity index (χ3v) is 14.9. The highest BCUT2D eigenvalue weighted by Gasteiger charge is 2.22. The van der Waals surface area contributed by atoms with Crippen molar-refractivity contribution in [2.75, 3.05) is 47.5 Å². The largest absolute Gasteiger partial charge is 0.756 e. The van der Waals surface area contributed by atoms with Gasteiger partial charge in [0.15, 0.2) is 6.10 Å². The lowest BCUT2D eigenvalue weighted by molar-refractivity contribution is -0.870. The Morgan fingerprint density at radius 3 is 1.09 bits per heavy atom. The van der Waals surface area contributed by atoms with Crippen molar-refractivity contribution in [3.8, 4) is 0 Å². The summed E-state index contributed by atoms with van der Waals surface area (Å²) in [5, 5.41) is 0. The molecular weight excluding hydrogens is 990 g/mol. The Kier molecular flexibility index (Phi) is 56.7. The SMILES string of the molecule is CC/C=C\C/C=C\C/C=C\C/C=C\C/C=C\C/C=C\C/C=C\CCCCCCCCCCCCCC(=O)OC(COC(=O)CCCCCCCCCCCCCCCCCCCCCCC)COP(=O)([O-])OCC[N+](C)(C)C. The molecule has 0 N–H and O–H groups in total. The number of rotatable bonds is 59. The van der Waals surface area contributed by atoms with E-state index in [1.807, 2.05) is 21.1 Å². The summed E-state index contributed by atoms with van der Waals surface area (Å²) in [4.78, 5) is 38.0. The lowest BCUT2D eigenvalue weighted by Crippen LogP contribution is -2.37. The molecule has 2 unspecified atom stereocenters. The quantitative estimate of drug-likeness (QED) is 0.0195. The molecule has 0 rings (SSSR count). The van der Waals surface area contributed by atoms with Gasteiger partial charge in [-0.2, -0.15) is 0 Å². The summed E-state index contributed by atoms with van der Waals surface area (Å²) in [6.45, 7) is 4.16. The first-order valence-corrected chi connectivity index (χ1v) is 33.8. The van der Waals surface area contributed by atoms with Crippen molar-refractivity contribution >= 4 is 19.8 Å². The summed E-state index contributed by atoms with van der Waals surface area (Å²) in [5.41, 5.74) is 0. The number of phosphoric acid groups is 1. The molecule has 452 valence electrons. The Hall–Kier alpha value is -2.81. The minimum Gasteiger partial charge on any atom is -0.756 e. The molecule has 0 aliphatic rings. The Morgan fingerprint density at radius 1 is 0.410 bits per heavy atom. The summed E-state index contributed by atoms with van der Waals surface area (Å²) in [6, 6.07) is 0. The maximum Gasteiger partial charge on any atom is 0.306 e. The Morgan fingerprint density at radius 2 is 0.731 bits per heavy atom. The van der Waals surface area contributed by atoms with E-state index in [0.717, 1.165) is 89.9 Å². The maximum absolute atomic E-state index is 12.8. The van der Waals surface area contributed by atoms with Gasteiger partial charge in [-0.3, -0.25) is 14.2 Å². The molecule has 0 heterocycles. The number of carbonyl (C=O) groups is 2. The molecule has 0 aromatic rings. The highest BCUT2D eigenvalue weighted by molar-refractivity contribution is 7.45. The van der Waals surface area contributed by atoms with Crippen LogP contribution in [0.3, 0.4) is 0 Å². The number of esters is 2. The van der Waals surface area contributed by atoms with Crippen molar-refractivity contribution in [3.05, 3.63) is 85.1 Å². The minimum atomic E-state index is -4.64. The molecule has 0 aliphatic carbocycles. The number of likely N-dealkylation sites (N-methyl/N-ethyl adjacent to an activating group) is 1. The van der Waals surface area contributed by atoms with Crippen LogP contribution in [0.25, 0.3) is 0 Å². The molecule has 78 heavy (non-hydrogen) atoms. The fourth-order valence-electron chi connectivity index (χ4n) is 8.99. The smallest absolute Gasteiger partial charge is 0.306 e. The van der Waals surface area contributed by atoms with Crippen molar-refractivity contribution in [1.29, 1.82) is 0 Å². The molecule has 0 radical (unpaired) electrons. The Labute approximate surface area is 481 Å². The number of phosphoric ester groups is 1. The molecule has 0 aromatic heterocycles. The van der Waals surface area contributed by atoms with Gasteiger partial charge in [0.2, 0.25) is 0 Å². The van der Waals surface area contributed by atoms with E-state index in [1.165, 1.54) is 161 Å². The van der Waals surface area contributed by atoms with E-state index < -0.39 is 26.5 Å².